The molecule has 2 rings (SSSR count). The Morgan fingerprint density at radius 3 is 2.67 bits per heavy atom. The summed E-state index contributed by atoms with van der Waals surface area (Å²) in [5, 5.41) is 13.2. The fraction of sp³-hybridized carbons (Fsp3) is 0.385. The lowest BCUT2D eigenvalue weighted by molar-refractivity contribution is -0.140. The zero-order valence-electron chi connectivity index (χ0n) is 11.8. The molecule has 112 valence electrons. The smallest absolute Gasteiger partial charge is 0.326 e. The topological polar surface area (TPSA) is 101 Å². The van der Waals surface area contributed by atoms with Gasteiger partial charge in [-0.25, -0.2) is 9.78 Å². The molecular weight excluding hydrogens is 294 g/mol. The van der Waals surface area contributed by atoms with Crippen LogP contribution in [-0.4, -0.2) is 32.4 Å². The Hall–Kier alpha value is -2.22. The molecule has 21 heavy (non-hydrogen) atoms. The summed E-state index contributed by atoms with van der Waals surface area (Å²) in [5.74, 6) is -2.17. The molecule has 0 bridgehead atoms. The standard InChI is InChI=1S/C13H15N3O4S/c1-6(2)9(12(19)20)15-10(17)8-4-14-13-16(11(8)18)7(3)5-21-13/h4-6,9H,1-3H3,(H,15,17)(H,19,20)/t9-/m1/s1. The number of carbonyl (C=O) groups is 2. The molecule has 0 aliphatic heterocycles. The summed E-state index contributed by atoms with van der Waals surface area (Å²) in [5.41, 5.74) is 0.0193. The van der Waals surface area contributed by atoms with Gasteiger partial charge in [0.25, 0.3) is 11.5 Å². The van der Waals surface area contributed by atoms with E-state index >= 15 is 0 Å². The van der Waals surface area contributed by atoms with E-state index in [1.165, 1.54) is 21.9 Å². The maximum absolute atomic E-state index is 12.3. The van der Waals surface area contributed by atoms with Crippen molar-refractivity contribution in [2.75, 3.05) is 0 Å². The number of amides is 1. The third-order valence-corrected chi connectivity index (χ3v) is 4.04. The minimum Gasteiger partial charge on any atom is -0.480 e. The molecule has 1 atom stereocenters. The second-order valence-corrected chi connectivity index (χ2v) is 5.84. The molecule has 2 N–H and O–H groups in total. The zero-order chi connectivity index (χ0) is 15.7. The summed E-state index contributed by atoms with van der Waals surface area (Å²) >= 11 is 1.30. The van der Waals surface area contributed by atoms with Crippen LogP contribution in [0.3, 0.4) is 0 Å². The number of aromatic nitrogens is 2. The first-order chi connectivity index (χ1) is 9.82. The van der Waals surface area contributed by atoms with E-state index in [1.807, 2.05) is 0 Å². The maximum Gasteiger partial charge on any atom is 0.326 e. The van der Waals surface area contributed by atoms with Gasteiger partial charge in [-0.1, -0.05) is 13.8 Å². The fourth-order valence-electron chi connectivity index (χ4n) is 1.91. The molecule has 0 radical (unpaired) electrons. The first kappa shape index (κ1) is 15.2. The molecule has 0 saturated carbocycles. The van der Waals surface area contributed by atoms with Crippen molar-refractivity contribution < 1.29 is 14.7 Å². The predicted molar refractivity (Wildman–Crippen MR) is 77.8 cm³/mol. The number of thiazole rings is 1. The first-order valence-electron chi connectivity index (χ1n) is 6.32. The van der Waals surface area contributed by atoms with Gasteiger partial charge in [-0.2, -0.15) is 0 Å². The van der Waals surface area contributed by atoms with Gasteiger partial charge in [0.15, 0.2) is 4.96 Å². The summed E-state index contributed by atoms with van der Waals surface area (Å²) in [6.07, 6.45) is 1.18. The van der Waals surface area contributed by atoms with Gasteiger partial charge < -0.3 is 10.4 Å². The van der Waals surface area contributed by atoms with Crippen molar-refractivity contribution in [3.05, 3.63) is 33.2 Å². The summed E-state index contributed by atoms with van der Waals surface area (Å²) in [6.45, 7) is 5.09. The Morgan fingerprint density at radius 1 is 1.43 bits per heavy atom. The molecule has 2 aromatic heterocycles. The number of fused-ring (bicyclic) bond motifs is 1. The highest BCUT2D eigenvalue weighted by Gasteiger charge is 2.25. The SMILES string of the molecule is Cc1csc2ncc(C(=O)N[C@@H](C(=O)O)C(C)C)c(=O)n12. The zero-order valence-corrected chi connectivity index (χ0v) is 12.6. The van der Waals surface area contributed by atoms with Gasteiger partial charge in [0, 0.05) is 17.3 Å². The van der Waals surface area contributed by atoms with Gasteiger partial charge in [0.05, 0.1) is 0 Å². The molecule has 8 heteroatoms. The van der Waals surface area contributed by atoms with Crippen molar-refractivity contribution in [3.8, 4) is 0 Å². The van der Waals surface area contributed by atoms with Crippen LogP contribution in [0.2, 0.25) is 0 Å². The summed E-state index contributed by atoms with van der Waals surface area (Å²) in [4.78, 5) is 40.1. The van der Waals surface area contributed by atoms with E-state index in [4.69, 9.17) is 5.11 Å². The summed E-state index contributed by atoms with van der Waals surface area (Å²) in [6, 6.07) is -1.05. The first-order valence-corrected chi connectivity index (χ1v) is 7.20. The Labute approximate surface area is 124 Å². The van der Waals surface area contributed by atoms with Gasteiger partial charge in [-0.05, 0) is 12.8 Å². The number of nitrogens with one attached hydrogen (secondary N) is 1. The van der Waals surface area contributed by atoms with Crippen molar-refractivity contribution in [3.63, 3.8) is 0 Å². The van der Waals surface area contributed by atoms with Crippen molar-refractivity contribution in [1.29, 1.82) is 0 Å². The Kier molecular flexibility index (Phi) is 4.08. The average molecular weight is 309 g/mol. The van der Waals surface area contributed by atoms with Crippen LogP contribution in [-0.2, 0) is 4.79 Å². The molecule has 7 nitrogen and oxygen atoms in total. The molecule has 0 aliphatic carbocycles. The van der Waals surface area contributed by atoms with Gasteiger partial charge >= 0.3 is 5.97 Å². The number of nitrogens with zero attached hydrogens (tertiary/aromatic N) is 2. The molecule has 1 amide bonds. The Morgan fingerprint density at radius 2 is 2.10 bits per heavy atom. The van der Waals surface area contributed by atoms with Crippen LogP contribution in [0.4, 0.5) is 0 Å². The van der Waals surface area contributed by atoms with E-state index < -0.39 is 23.5 Å². The van der Waals surface area contributed by atoms with E-state index in [1.54, 1.807) is 26.2 Å². The van der Waals surface area contributed by atoms with Crippen molar-refractivity contribution in [2.45, 2.75) is 26.8 Å². The van der Waals surface area contributed by atoms with Gasteiger partial charge in [-0.3, -0.25) is 14.0 Å². The number of hydrogen-bond donors (Lipinski definition) is 2. The quantitative estimate of drug-likeness (QED) is 0.874. The van der Waals surface area contributed by atoms with E-state index in [2.05, 4.69) is 10.3 Å². The molecule has 0 saturated heterocycles. The summed E-state index contributed by atoms with van der Waals surface area (Å²) < 4.78 is 1.34. The van der Waals surface area contributed by atoms with Crippen molar-refractivity contribution in [1.82, 2.24) is 14.7 Å². The number of aryl methyl sites for hydroxylation is 1. The fourth-order valence-corrected chi connectivity index (χ4v) is 2.74. The number of rotatable bonds is 4. The van der Waals surface area contributed by atoms with Crippen LogP contribution in [0.5, 0.6) is 0 Å². The van der Waals surface area contributed by atoms with Gasteiger partial charge in [0.1, 0.15) is 11.6 Å². The van der Waals surface area contributed by atoms with Crippen LogP contribution >= 0.6 is 11.3 Å². The van der Waals surface area contributed by atoms with Crippen LogP contribution in [0, 0.1) is 12.8 Å². The Bertz CT molecular complexity index is 762. The van der Waals surface area contributed by atoms with Gasteiger partial charge in [0.2, 0.25) is 0 Å². The van der Waals surface area contributed by atoms with E-state index in [0.717, 1.165) is 0 Å². The number of carbonyl (C=O) groups excluding carboxylic acids is 1. The lowest BCUT2D eigenvalue weighted by Crippen LogP contribution is -2.45. The van der Waals surface area contributed by atoms with E-state index in [-0.39, 0.29) is 11.5 Å². The van der Waals surface area contributed by atoms with Gasteiger partial charge in [-0.15, -0.1) is 11.3 Å². The van der Waals surface area contributed by atoms with E-state index in [9.17, 15) is 14.4 Å². The molecule has 0 aromatic carbocycles. The van der Waals surface area contributed by atoms with Crippen molar-refractivity contribution >= 4 is 28.2 Å². The number of hydrogen-bond acceptors (Lipinski definition) is 5. The van der Waals surface area contributed by atoms with Crippen molar-refractivity contribution in [2.24, 2.45) is 5.92 Å². The second-order valence-electron chi connectivity index (χ2n) is 5.01. The molecule has 0 unspecified atom stereocenters. The minimum absolute atomic E-state index is 0.166. The average Bonchev–Trinajstić information content (AvgIpc) is 2.77. The number of carboxylic acid groups (broad SMARTS) is 1. The lowest BCUT2D eigenvalue weighted by Gasteiger charge is -2.17. The minimum atomic E-state index is -1.14. The van der Waals surface area contributed by atoms with Crippen LogP contribution < -0.4 is 10.9 Å². The lowest BCUT2D eigenvalue weighted by atomic mass is 10.0. The third kappa shape index (κ3) is 2.80. The van der Waals surface area contributed by atoms with E-state index in [0.29, 0.717) is 10.7 Å². The number of carboxylic acids is 1. The van der Waals surface area contributed by atoms with Crippen LogP contribution in [0.15, 0.2) is 16.4 Å². The molecule has 0 fully saturated rings. The predicted octanol–water partition coefficient (Wildman–Crippen LogP) is 0.903. The van der Waals surface area contributed by atoms with Crippen LogP contribution in [0.1, 0.15) is 29.9 Å². The third-order valence-electron chi connectivity index (χ3n) is 3.08. The Balaban J connectivity index is 2.40. The van der Waals surface area contributed by atoms with Crippen LogP contribution in [0.25, 0.3) is 4.96 Å². The maximum atomic E-state index is 12.3. The normalized spacial score (nSPS) is 12.6. The molecule has 2 heterocycles. The monoisotopic (exact) mass is 309 g/mol. The highest BCUT2D eigenvalue weighted by Crippen LogP contribution is 2.11. The summed E-state index contributed by atoms with van der Waals surface area (Å²) in [7, 11) is 0. The molecular formula is C13H15N3O4S. The highest BCUT2D eigenvalue weighted by molar-refractivity contribution is 7.15. The highest BCUT2D eigenvalue weighted by atomic mass is 32.1. The molecule has 0 spiro atoms. The molecule has 0 aliphatic rings. The number of aliphatic carboxylic acids is 1. The molecule has 2 aromatic rings. The second kappa shape index (κ2) is 5.65. The largest absolute Gasteiger partial charge is 0.480 e.